The van der Waals surface area contributed by atoms with Gasteiger partial charge in [-0.1, -0.05) is 30.3 Å². The molecule has 2 heterocycles. The van der Waals surface area contributed by atoms with Gasteiger partial charge in [-0.2, -0.15) is 0 Å². The topological polar surface area (TPSA) is 58.1 Å². The molecule has 2 saturated heterocycles. The quantitative estimate of drug-likeness (QED) is 0.311. The number of guanidine groups is 1. The van der Waals surface area contributed by atoms with E-state index >= 15 is 0 Å². The molecule has 0 saturated carbocycles. The van der Waals surface area contributed by atoms with Crippen molar-refractivity contribution in [3.8, 4) is 5.75 Å². The van der Waals surface area contributed by atoms with Gasteiger partial charge >= 0.3 is 0 Å². The minimum atomic E-state index is 0. The van der Waals surface area contributed by atoms with Gasteiger partial charge in [0.2, 0.25) is 0 Å². The second-order valence-corrected chi connectivity index (χ2v) is 8.46. The molecule has 2 aliphatic rings. The first-order valence-electron chi connectivity index (χ1n) is 11.3. The number of hydrogen-bond acceptors (Lipinski definition) is 4. The molecule has 2 N–H and O–H groups in total. The van der Waals surface area contributed by atoms with Crippen LogP contribution in [0.15, 0.2) is 53.5 Å². The van der Waals surface area contributed by atoms with Crippen LogP contribution in [0.4, 0.5) is 5.69 Å². The fourth-order valence-corrected chi connectivity index (χ4v) is 4.22. The van der Waals surface area contributed by atoms with Crippen molar-refractivity contribution in [2.45, 2.75) is 32.4 Å². The third-order valence-electron chi connectivity index (χ3n) is 6.04. The SMILES string of the molecule is CN=C(NCc1ccc(C)cc1OC1CCOC1)NCC1CCN(c2ccccc2)C1.I. The molecule has 0 amide bonds. The highest BCUT2D eigenvalue weighted by molar-refractivity contribution is 14.0. The molecular weight excluding hydrogens is 515 g/mol. The molecule has 2 aromatic carbocycles. The van der Waals surface area contributed by atoms with E-state index in [1.807, 2.05) is 7.05 Å². The summed E-state index contributed by atoms with van der Waals surface area (Å²) in [7, 11) is 1.82. The Morgan fingerprint density at radius 2 is 2.00 bits per heavy atom. The van der Waals surface area contributed by atoms with Crippen LogP contribution in [-0.2, 0) is 11.3 Å². The second-order valence-electron chi connectivity index (χ2n) is 8.46. The lowest BCUT2D eigenvalue weighted by Crippen LogP contribution is -2.40. The van der Waals surface area contributed by atoms with E-state index < -0.39 is 0 Å². The summed E-state index contributed by atoms with van der Waals surface area (Å²) < 4.78 is 11.7. The van der Waals surface area contributed by atoms with Crippen LogP contribution < -0.4 is 20.3 Å². The summed E-state index contributed by atoms with van der Waals surface area (Å²) in [5.74, 6) is 2.38. The largest absolute Gasteiger partial charge is 0.488 e. The van der Waals surface area contributed by atoms with Crippen LogP contribution in [0.2, 0.25) is 0 Å². The molecule has 174 valence electrons. The van der Waals surface area contributed by atoms with Crippen molar-refractivity contribution in [1.82, 2.24) is 10.6 Å². The van der Waals surface area contributed by atoms with E-state index in [1.54, 1.807) is 0 Å². The summed E-state index contributed by atoms with van der Waals surface area (Å²) in [5, 5.41) is 6.96. The smallest absolute Gasteiger partial charge is 0.191 e. The first-order chi connectivity index (χ1) is 15.2. The average Bonchev–Trinajstić information content (AvgIpc) is 3.48. The number of ether oxygens (including phenoxy) is 2. The molecule has 2 aromatic rings. The van der Waals surface area contributed by atoms with Crippen molar-refractivity contribution in [3.05, 3.63) is 59.7 Å². The Morgan fingerprint density at radius 3 is 2.75 bits per heavy atom. The normalized spacial score (nSPS) is 20.7. The minimum absolute atomic E-state index is 0. The maximum absolute atomic E-state index is 6.22. The third kappa shape index (κ3) is 6.75. The molecule has 0 aliphatic carbocycles. The summed E-state index contributed by atoms with van der Waals surface area (Å²) in [6.07, 6.45) is 2.29. The van der Waals surface area contributed by atoms with Crippen molar-refractivity contribution in [2.75, 3.05) is 44.8 Å². The van der Waals surface area contributed by atoms with Crippen molar-refractivity contribution in [3.63, 3.8) is 0 Å². The predicted molar refractivity (Wildman–Crippen MR) is 141 cm³/mol. The number of halogens is 1. The highest BCUT2D eigenvalue weighted by atomic mass is 127. The Bertz CT molecular complexity index is 872. The number of anilines is 1. The first-order valence-corrected chi connectivity index (χ1v) is 11.3. The zero-order valence-corrected chi connectivity index (χ0v) is 21.4. The van der Waals surface area contributed by atoms with Gasteiger partial charge in [-0.15, -0.1) is 24.0 Å². The Hall–Kier alpha value is -2.00. The summed E-state index contributed by atoms with van der Waals surface area (Å²) in [6.45, 7) is 7.32. The molecule has 32 heavy (non-hydrogen) atoms. The van der Waals surface area contributed by atoms with Crippen LogP contribution in [0.5, 0.6) is 5.75 Å². The fourth-order valence-electron chi connectivity index (χ4n) is 4.22. The summed E-state index contributed by atoms with van der Waals surface area (Å²) in [4.78, 5) is 6.88. The van der Waals surface area contributed by atoms with Crippen LogP contribution in [0, 0.1) is 12.8 Å². The number of nitrogens with zero attached hydrogens (tertiary/aromatic N) is 2. The van der Waals surface area contributed by atoms with Gasteiger partial charge in [-0.05, 0) is 43.0 Å². The molecule has 7 heteroatoms. The maximum atomic E-state index is 6.22. The highest BCUT2D eigenvalue weighted by Gasteiger charge is 2.23. The molecule has 2 fully saturated rings. The molecule has 0 bridgehead atoms. The summed E-state index contributed by atoms with van der Waals surface area (Å²) >= 11 is 0. The lowest BCUT2D eigenvalue weighted by Gasteiger charge is -2.20. The number of rotatable bonds is 7. The van der Waals surface area contributed by atoms with Crippen LogP contribution >= 0.6 is 24.0 Å². The van der Waals surface area contributed by atoms with Crippen LogP contribution in [0.25, 0.3) is 0 Å². The van der Waals surface area contributed by atoms with E-state index in [4.69, 9.17) is 9.47 Å². The van der Waals surface area contributed by atoms with E-state index in [-0.39, 0.29) is 30.1 Å². The molecule has 2 aliphatic heterocycles. The number of para-hydroxylation sites is 1. The summed E-state index contributed by atoms with van der Waals surface area (Å²) in [5.41, 5.74) is 3.65. The Morgan fingerprint density at radius 1 is 1.16 bits per heavy atom. The molecule has 6 nitrogen and oxygen atoms in total. The molecule has 0 radical (unpaired) electrons. The standard InChI is InChI=1S/C25H34N4O2.HI/c1-19-8-9-21(24(14-19)31-23-11-13-30-18-23)16-28-25(26-2)27-15-20-10-12-29(17-20)22-6-4-3-5-7-22;/h3-9,14,20,23H,10-13,15-18H2,1-2H3,(H2,26,27,28);1H. The minimum Gasteiger partial charge on any atom is -0.488 e. The first kappa shape index (κ1) is 24.6. The fraction of sp³-hybridized carbons (Fsp3) is 0.480. The van der Waals surface area contributed by atoms with Crippen LogP contribution in [0.3, 0.4) is 0 Å². The number of aryl methyl sites for hydroxylation is 1. The number of nitrogens with one attached hydrogen (secondary N) is 2. The van der Waals surface area contributed by atoms with E-state index in [9.17, 15) is 0 Å². The Balaban J connectivity index is 0.00000289. The highest BCUT2D eigenvalue weighted by Crippen LogP contribution is 2.24. The van der Waals surface area contributed by atoms with Gasteiger partial charge < -0.3 is 25.0 Å². The van der Waals surface area contributed by atoms with E-state index in [0.717, 1.165) is 49.9 Å². The maximum Gasteiger partial charge on any atom is 0.191 e. The molecule has 2 atom stereocenters. The third-order valence-corrected chi connectivity index (χ3v) is 6.04. The number of aliphatic imine (C=N–C) groups is 1. The van der Waals surface area contributed by atoms with E-state index in [2.05, 4.69) is 76.0 Å². The lowest BCUT2D eigenvalue weighted by molar-refractivity contribution is 0.140. The van der Waals surface area contributed by atoms with Gasteiger partial charge in [-0.3, -0.25) is 4.99 Å². The molecule has 0 aromatic heterocycles. The zero-order valence-electron chi connectivity index (χ0n) is 19.0. The van der Waals surface area contributed by atoms with Crippen molar-refractivity contribution in [1.29, 1.82) is 0 Å². The molecule has 4 rings (SSSR count). The van der Waals surface area contributed by atoms with Crippen LogP contribution in [-0.4, -0.2) is 52.0 Å². The second kappa shape index (κ2) is 12.3. The Kier molecular flexibility index (Phi) is 9.47. The van der Waals surface area contributed by atoms with Gasteiger partial charge in [0.25, 0.3) is 0 Å². The lowest BCUT2D eigenvalue weighted by atomic mass is 10.1. The summed E-state index contributed by atoms with van der Waals surface area (Å²) in [6, 6.07) is 17.0. The van der Waals surface area contributed by atoms with E-state index in [1.165, 1.54) is 17.7 Å². The van der Waals surface area contributed by atoms with Crippen LogP contribution in [0.1, 0.15) is 24.0 Å². The molecule has 2 unspecified atom stereocenters. The van der Waals surface area contributed by atoms with Crippen molar-refractivity contribution < 1.29 is 9.47 Å². The molecular formula is C25H35IN4O2. The van der Waals surface area contributed by atoms with Gasteiger partial charge in [0.15, 0.2) is 5.96 Å². The number of hydrogen-bond donors (Lipinski definition) is 2. The van der Waals surface area contributed by atoms with Gasteiger partial charge in [0.05, 0.1) is 13.2 Å². The zero-order chi connectivity index (χ0) is 21.5. The van der Waals surface area contributed by atoms with Gasteiger partial charge in [0, 0.05) is 50.9 Å². The number of benzene rings is 2. The predicted octanol–water partition coefficient (Wildman–Crippen LogP) is 3.97. The van der Waals surface area contributed by atoms with Crippen molar-refractivity contribution >= 4 is 35.6 Å². The monoisotopic (exact) mass is 550 g/mol. The van der Waals surface area contributed by atoms with Gasteiger partial charge in [-0.25, -0.2) is 0 Å². The molecule has 0 spiro atoms. The Labute approximate surface area is 208 Å². The van der Waals surface area contributed by atoms with Gasteiger partial charge in [0.1, 0.15) is 11.9 Å². The average molecular weight is 550 g/mol. The van der Waals surface area contributed by atoms with E-state index in [0.29, 0.717) is 19.1 Å². The van der Waals surface area contributed by atoms with Crippen molar-refractivity contribution in [2.24, 2.45) is 10.9 Å².